The van der Waals surface area contributed by atoms with Crippen LogP contribution in [0.2, 0.25) is 0 Å². The third kappa shape index (κ3) is 2.83. The van der Waals surface area contributed by atoms with E-state index in [4.69, 9.17) is 8.83 Å². The fourth-order valence-corrected chi connectivity index (χ4v) is 2.94. The largest absolute Gasteiger partial charge is 0.461 e. The van der Waals surface area contributed by atoms with Crippen molar-refractivity contribution in [2.75, 3.05) is 0 Å². The van der Waals surface area contributed by atoms with Crippen molar-refractivity contribution < 1.29 is 8.83 Å². The van der Waals surface area contributed by atoms with E-state index in [0.29, 0.717) is 29.1 Å². The molecule has 0 amide bonds. The van der Waals surface area contributed by atoms with E-state index in [0.717, 1.165) is 10.7 Å². The van der Waals surface area contributed by atoms with Crippen LogP contribution in [0.1, 0.15) is 5.89 Å². The number of hydrogen-bond acceptors (Lipinski definition) is 7. The van der Waals surface area contributed by atoms with E-state index in [2.05, 4.69) is 20.4 Å². The molecule has 0 N–H and O–H groups in total. The molecule has 4 rings (SSSR count). The summed E-state index contributed by atoms with van der Waals surface area (Å²) < 4.78 is 12.9. The van der Waals surface area contributed by atoms with Crippen LogP contribution in [0.15, 0.2) is 62.7 Å². The molecule has 1 aromatic carbocycles. The Kier molecular flexibility index (Phi) is 3.87. The Morgan fingerprint density at radius 1 is 1.00 bits per heavy atom. The van der Waals surface area contributed by atoms with E-state index in [-0.39, 0.29) is 0 Å². The first-order valence-electron chi connectivity index (χ1n) is 7.25. The van der Waals surface area contributed by atoms with E-state index >= 15 is 0 Å². The molecular weight excluding hydrogens is 326 g/mol. The van der Waals surface area contributed by atoms with Crippen LogP contribution in [0.3, 0.4) is 0 Å². The molecule has 0 radical (unpaired) electrons. The maximum Gasteiger partial charge on any atom is 0.247 e. The third-order valence-corrected chi connectivity index (χ3v) is 4.39. The van der Waals surface area contributed by atoms with E-state index in [1.165, 1.54) is 11.8 Å². The highest BCUT2D eigenvalue weighted by Crippen LogP contribution is 2.26. The van der Waals surface area contributed by atoms with Gasteiger partial charge in [0.25, 0.3) is 0 Å². The number of aromatic nitrogens is 5. The lowest BCUT2D eigenvalue weighted by Crippen LogP contribution is -1.94. The number of thioether (sulfide) groups is 1. The lowest BCUT2D eigenvalue weighted by atomic mass is 10.2. The summed E-state index contributed by atoms with van der Waals surface area (Å²) in [6.45, 7) is 0. The molecule has 120 valence electrons. The average molecular weight is 339 g/mol. The number of rotatable bonds is 5. The molecule has 7 nitrogen and oxygen atoms in total. The number of benzene rings is 1. The Morgan fingerprint density at radius 3 is 2.67 bits per heavy atom. The topological polar surface area (TPSA) is 82.8 Å². The van der Waals surface area contributed by atoms with Gasteiger partial charge in [0.2, 0.25) is 11.8 Å². The van der Waals surface area contributed by atoms with Crippen molar-refractivity contribution >= 4 is 11.8 Å². The standard InChI is InChI=1S/C16H13N5O2S/c1-21-14(12-8-5-9-22-12)18-20-16(21)24-10-13-17-19-15(23-13)11-6-3-2-4-7-11/h2-9H,10H2,1H3. The van der Waals surface area contributed by atoms with E-state index in [9.17, 15) is 0 Å². The monoisotopic (exact) mass is 339 g/mol. The highest BCUT2D eigenvalue weighted by atomic mass is 32.2. The summed E-state index contributed by atoms with van der Waals surface area (Å²) in [6, 6.07) is 13.4. The smallest absolute Gasteiger partial charge is 0.247 e. The SMILES string of the molecule is Cn1c(SCc2nnc(-c3ccccc3)o2)nnc1-c1ccco1. The molecule has 0 bridgehead atoms. The second-order valence-corrected chi connectivity index (χ2v) is 5.94. The quantitative estimate of drug-likeness (QED) is 0.515. The first-order chi connectivity index (χ1) is 11.8. The van der Waals surface area contributed by atoms with Crippen LogP contribution in [0.25, 0.3) is 23.0 Å². The molecule has 8 heteroatoms. The van der Waals surface area contributed by atoms with Gasteiger partial charge in [-0.2, -0.15) is 0 Å². The fourth-order valence-electron chi connectivity index (χ4n) is 2.20. The highest BCUT2D eigenvalue weighted by Gasteiger charge is 2.15. The van der Waals surface area contributed by atoms with Gasteiger partial charge < -0.3 is 13.4 Å². The molecule has 0 spiro atoms. The van der Waals surface area contributed by atoms with Crippen LogP contribution in [-0.2, 0) is 12.8 Å². The van der Waals surface area contributed by atoms with Gasteiger partial charge in [0, 0.05) is 12.6 Å². The van der Waals surface area contributed by atoms with Gasteiger partial charge in [-0.1, -0.05) is 30.0 Å². The Hall–Kier alpha value is -2.87. The normalized spacial score (nSPS) is 11.0. The molecule has 0 aliphatic carbocycles. The Morgan fingerprint density at radius 2 is 1.88 bits per heavy atom. The predicted molar refractivity (Wildman–Crippen MR) is 88.0 cm³/mol. The molecule has 0 unspecified atom stereocenters. The minimum absolute atomic E-state index is 0.514. The zero-order valence-electron chi connectivity index (χ0n) is 12.8. The second kappa shape index (κ2) is 6.32. The highest BCUT2D eigenvalue weighted by molar-refractivity contribution is 7.98. The number of furan rings is 1. The van der Waals surface area contributed by atoms with Gasteiger partial charge in [0.05, 0.1) is 12.0 Å². The number of nitrogens with zero attached hydrogens (tertiary/aromatic N) is 5. The van der Waals surface area contributed by atoms with Gasteiger partial charge in [-0.05, 0) is 24.3 Å². The summed E-state index contributed by atoms with van der Waals surface area (Å²) in [4.78, 5) is 0. The van der Waals surface area contributed by atoms with Gasteiger partial charge >= 0.3 is 0 Å². The molecule has 0 aliphatic rings. The molecule has 0 saturated heterocycles. The average Bonchev–Trinajstić information content (AvgIpc) is 3.35. The minimum Gasteiger partial charge on any atom is -0.461 e. The van der Waals surface area contributed by atoms with Crippen LogP contribution in [0, 0.1) is 0 Å². The number of hydrogen-bond donors (Lipinski definition) is 0. The Labute approximate surface area is 141 Å². The lowest BCUT2D eigenvalue weighted by Gasteiger charge is -2.00. The van der Waals surface area contributed by atoms with Crippen LogP contribution in [0.5, 0.6) is 0 Å². The molecular formula is C16H13N5O2S. The van der Waals surface area contributed by atoms with Gasteiger partial charge in [-0.3, -0.25) is 0 Å². The van der Waals surface area contributed by atoms with Crippen molar-refractivity contribution in [3.05, 3.63) is 54.6 Å². The summed E-state index contributed by atoms with van der Waals surface area (Å²) >= 11 is 1.48. The van der Waals surface area contributed by atoms with Crippen LogP contribution >= 0.6 is 11.8 Å². The van der Waals surface area contributed by atoms with Crippen molar-refractivity contribution in [2.45, 2.75) is 10.9 Å². The van der Waals surface area contributed by atoms with Crippen molar-refractivity contribution in [3.8, 4) is 23.0 Å². The summed E-state index contributed by atoms with van der Waals surface area (Å²) in [5.41, 5.74) is 0.903. The van der Waals surface area contributed by atoms with Crippen molar-refractivity contribution in [3.63, 3.8) is 0 Å². The molecule has 3 heterocycles. The van der Waals surface area contributed by atoms with Crippen molar-refractivity contribution in [2.24, 2.45) is 7.05 Å². The molecule has 24 heavy (non-hydrogen) atoms. The predicted octanol–water partition coefficient (Wildman–Crippen LogP) is 3.42. The summed E-state index contributed by atoms with van der Waals surface area (Å²) in [5, 5.41) is 17.2. The third-order valence-electron chi connectivity index (χ3n) is 3.39. The van der Waals surface area contributed by atoms with Crippen molar-refractivity contribution in [1.29, 1.82) is 0 Å². The maximum absolute atomic E-state index is 5.69. The maximum atomic E-state index is 5.69. The van der Waals surface area contributed by atoms with Gasteiger partial charge in [-0.25, -0.2) is 0 Å². The van der Waals surface area contributed by atoms with Gasteiger partial charge in [0.15, 0.2) is 16.7 Å². The zero-order chi connectivity index (χ0) is 16.4. The Bertz CT molecular complexity index is 931. The van der Waals surface area contributed by atoms with Crippen LogP contribution < -0.4 is 0 Å². The Balaban J connectivity index is 1.47. The van der Waals surface area contributed by atoms with Gasteiger partial charge in [-0.15, -0.1) is 20.4 Å². The first-order valence-corrected chi connectivity index (χ1v) is 8.23. The van der Waals surface area contributed by atoms with E-state index < -0.39 is 0 Å². The van der Waals surface area contributed by atoms with E-state index in [1.54, 1.807) is 6.26 Å². The summed E-state index contributed by atoms with van der Waals surface area (Å²) in [6.07, 6.45) is 1.61. The molecule has 3 aromatic heterocycles. The summed E-state index contributed by atoms with van der Waals surface area (Å²) in [7, 11) is 1.89. The lowest BCUT2D eigenvalue weighted by molar-refractivity contribution is 0.528. The van der Waals surface area contributed by atoms with Crippen LogP contribution in [0.4, 0.5) is 0 Å². The van der Waals surface area contributed by atoms with E-state index in [1.807, 2.05) is 54.1 Å². The first kappa shape index (κ1) is 14.7. The van der Waals surface area contributed by atoms with Gasteiger partial charge in [0.1, 0.15) is 0 Å². The van der Waals surface area contributed by atoms with Crippen LogP contribution in [-0.4, -0.2) is 25.0 Å². The molecule has 4 aromatic rings. The summed E-state index contributed by atoms with van der Waals surface area (Å²) in [5.74, 6) is 2.94. The van der Waals surface area contributed by atoms with Crippen molar-refractivity contribution in [1.82, 2.24) is 25.0 Å². The zero-order valence-corrected chi connectivity index (χ0v) is 13.6. The molecule has 0 saturated carbocycles. The molecule has 0 fully saturated rings. The minimum atomic E-state index is 0.514. The fraction of sp³-hybridized carbons (Fsp3) is 0.125. The second-order valence-electron chi connectivity index (χ2n) is 5.00. The molecule has 0 atom stereocenters. The molecule has 0 aliphatic heterocycles.